The Kier molecular flexibility index (Phi) is 2.84. The summed E-state index contributed by atoms with van der Waals surface area (Å²) in [7, 11) is 0. The molecular formula is C15H17NO2. The number of phenols is 1. The van der Waals surface area contributed by atoms with Crippen LogP contribution in [0.15, 0.2) is 36.4 Å². The lowest BCUT2D eigenvalue weighted by Gasteiger charge is -2.19. The Morgan fingerprint density at radius 2 is 1.94 bits per heavy atom. The van der Waals surface area contributed by atoms with Crippen LogP contribution in [-0.4, -0.2) is 23.9 Å². The average Bonchev–Trinajstić information content (AvgIpc) is 2.77. The van der Waals surface area contributed by atoms with Crippen LogP contribution in [0.3, 0.4) is 0 Å². The van der Waals surface area contributed by atoms with Gasteiger partial charge in [-0.1, -0.05) is 24.3 Å². The Hall–Kier alpha value is -1.74. The topological polar surface area (TPSA) is 41.5 Å². The molecule has 2 N–H and O–H groups in total. The molecule has 1 aliphatic heterocycles. The molecule has 0 saturated carbocycles. The normalized spacial score (nSPS) is 23.4. The third-order valence-electron chi connectivity index (χ3n) is 3.62. The second-order valence-corrected chi connectivity index (χ2v) is 4.79. The highest BCUT2D eigenvalue weighted by atomic mass is 16.5. The predicted octanol–water partition coefficient (Wildman–Crippen LogP) is 3.13. The van der Waals surface area contributed by atoms with Crippen LogP contribution in [-0.2, 0) is 4.74 Å². The molecule has 0 aliphatic carbocycles. The van der Waals surface area contributed by atoms with Crippen molar-refractivity contribution in [1.29, 1.82) is 0 Å². The Morgan fingerprint density at radius 3 is 2.72 bits per heavy atom. The average molecular weight is 243 g/mol. The van der Waals surface area contributed by atoms with Crippen LogP contribution in [0.5, 0.6) is 5.75 Å². The lowest BCUT2D eigenvalue weighted by atomic mass is 10.1. The molecule has 94 valence electrons. The van der Waals surface area contributed by atoms with Gasteiger partial charge in [0.2, 0.25) is 0 Å². The fourth-order valence-electron chi connectivity index (χ4n) is 2.54. The van der Waals surface area contributed by atoms with Gasteiger partial charge in [-0.3, -0.25) is 0 Å². The Balaban J connectivity index is 1.99. The van der Waals surface area contributed by atoms with Crippen molar-refractivity contribution in [2.45, 2.75) is 25.5 Å². The number of fused-ring (bicyclic) bond motifs is 1. The van der Waals surface area contributed by atoms with Crippen LogP contribution in [0.1, 0.15) is 13.3 Å². The van der Waals surface area contributed by atoms with E-state index in [1.54, 1.807) is 6.07 Å². The van der Waals surface area contributed by atoms with Gasteiger partial charge in [0.15, 0.2) is 0 Å². The largest absolute Gasteiger partial charge is 0.507 e. The fourth-order valence-corrected chi connectivity index (χ4v) is 2.54. The SMILES string of the molecule is CC1OCCC1Nc1cccc2c(O)cccc12. The van der Waals surface area contributed by atoms with E-state index >= 15 is 0 Å². The zero-order valence-electron chi connectivity index (χ0n) is 10.4. The maximum atomic E-state index is 9.86. The minimum Gasteiger partial charge on any atom is -0.507 e. The number of aromatic hydroxyl groups is 1. The first-order chi connectivity index (χ1) is 8.75. The molecule has 2 atom stereocenters. The van der Waals surface area contributed by atoms with Crippen LogP contribution in [0.2, 0.25) is 0 Å². The fraction of sp³-hybridized carbons (Fsp3) is 0.333. The van der Waals surface area contributed by atoms with Gasteiger partial charge >= 0.3 is 0 Å². The molecule has 18 heavy (non-hydrogen) atoms. The van der Waals surface area contributed by atoms with Crippen molar-refractivity contribution in [3.05, 3.63) is 36.4 Å². The molecule has 0 amide bonds. The maximum Gasteiger partial charge on any atom is 0.123 e. The van der Waals surface area contributed by atoms with Crippen molar-refractivity contribution in [2.75, 3.05) is 11.9 Å². The van der Waals surface area contributed by atoms with Crippen molar-refractivity contribution in [3.8, 4) is 5.75 Å². The molecule has 0 spiro atoms. The summed E-state index contributed by atoms with van der Waals surface area (Å²) in [5.41, 5.74) is 1.06. The number of benzene rings is 2. The van der Waals surface area contributed by atoms with Gasteiger partial charge in [0.05, 0.1) is 12.1 Å². The van der Waals surface area contributed by atoms with Crippen LogP contribution >= 0.6 is 0 Å². The molecule has 1 fully saturated rings. The first-order valence-corrected chi connectivity index (χ1v) is 6.34. The summed E-state index contributed by atoms with van der Waals surface area (Å²) in [4.78, 5) is 0. The van der Waals surface area contributed by atoms with Crippen LogP contribution < -0.4 is 5.32 Å². The summed E-state index contributed by atoms with van der Waals surface area (Å²) >= 11 is 0. The highest BCUT2D eigenvalue weighted by Crippen LogP contribution is 2.31. The summed E-state index contributed by atoms with van der Waals surface area (Å²) in [5.74, 6) is 0.326. The molecule has 0 aromatic heterocycles. The first kappa shape index (κ1) is 11.4. The lowest BCUT2D eigenvalue weighted by Crippen LogP contribution is -2.26. The van der Waals surface area contributed by atoms with Gasteiger partial charge in [0.1, 0.15) is 5.75 Å². The van der Waals surface area contributed by atoms with E-state index in [1.165, 1.54) is 0 Å². The van der Waals surface area contributed by atoms with E-state index in [0.29, 0.717) is 11.8 Å². The van der Waals surface area contributed by atoms with E-state index in [-0.39, 0.29) is 6.10 Å². The molecule has 3 rings (SSSR count). The molecule has 1 heterocycles. The molecule has 1 aliphatic rings. The Bertz CT molecular complexity index is 567. The van der Waals surface area contributed by atoms with E-state index in [1.807, 2.05) is 30.3 Å². The standard InChI is InChI=1S/C15H17NO2/c1-10-13(8-9-18-10)16-14-6-2-5-12-11(14)4-3-7-15(12)17/h2-7,10,13,16-17H,8-9H2,1H3. The Labute approximate surface area is 106 Å². The summed E-state index contributed by atoms with van der Waals surface area (Å²) in [6.45, 7) is 2.90. The minimum absolute atomic E-state index is 0.234. The smallest absolute Gasteiger partial charge is 0.123 e. The van der Waals surface area contributed by atoms with Crippen molar-refractivity contribution < 1.29 is 9.84 Å². The molecule has 3 nitrogen and oxygen atoms in total. The maximum absolute atomic E-state index is 9.86. The molecule has 1 saturated heterocycles. The number of rotatable bonds is 2. The molecule has 2 unspecified atom stereocenters. The molecule has 2 aromatic carbocycles. The number of phenolic OH excluding ortho intramolecular Hbond substituents is 1. The van der Waals surface area contributed by atoms with Crippen molar-refractivity contribution in [3.63, 3.8) is 0 Å². The Morgan fingerprint density at radius 1 is 1.17 bits per heavy atom. The van der Waals surface area contributed by atoms with Crippen molar-refractivity contribution in [2.24, 2.45) is 0 Å². The van der Waals surface area contributed by atoms with Crippen molar-refractivity contribution >= 4 is 16.5 Å². The number of hydrogen-bond acceptors (Lipinski definition) is 3. The zero-order chi connectivity index (χ0) is 12.5. The van der Waals surface area contributed by atoms with Gasteiger partial charge in [-0.05, 0) is 25.5 Å². The third-order valence-corrected chi connectivity index (χ3v) is 3.62. The molecule has 0 radical (unpaired) electrons. The summed E-state index contributed by atoms with van der Waals surface area (Å²) < 4.78 is 5.56. The van der Waals surface area contributed by atoms with E-state index < -0.39 is 0 Å². The number of nitrogens with one attached hydrogen (secondary N) is 1. The molecular weight excluding hydrogens is 226 g/mol. The van der Waals surface area contributed by atoms with Crippen LogP contribution in [0, 0.1) is 0 Å². The van der Waals surface area contributed by atoms with Gasteiger partial charge in [-0.25, -0.2) is 0 Å². The van der Waals surface area contributed by atoms with Crippen molar-refractivity contribution in [1.82, 2.24) is 0 Å². The third kappa shape index (κ3) is 1.91. The van der Waals surface area contributed by atoms with Crippen LogP contribution in [0.4, 0.5) is 5.69 Å². The van der Waals surface area contributed by atoms with Gasteiger partial charge in [0, 0.05) is 23.1 Å². The number of ether oxygens (including phenoxy) is 1. The van der Waals surface area contributed by atoms with E-state index in [2.05, 4.69) is 12.2 Å². The van der Waals surface area contributed by atoms with E-state index in [4.69, 9.17) is 4.74 Å². The van der Waals surface area contributed by atoms with Gasteiger partial charge in [-0.2, -0.15) is 0 Å². The van der Waals surface area contributed by atoms with Gasteiger partial charge in [0.25, 0.3) is 0 Å². The number of anilines is 1. The lowest BCUT2D eigenvalue weighted by molar-refractivity contribution is 0.121. The minimum atomic E-state index is 0.234. The highest BCUT2D eigenvalue weighted by molar-refractivity contribution is 5.97. The summed E-state index contributed by atoms with van der Waals surface area (Å²) in [6.07, 6.45) is 1.26. The second-order valence-electron chi connectivity index (χ2n) is 4.79. The molecule has 0 bridgehead atoms. The summed E-state index contributed by atoms with van der Waals surface area (Å²) in [5, 5.41) is 15.3. The van der Waals surface area contributed by atoms with E-state index in [0.717, 1.165) is 29.5 Å². The molecule has 2 aromatic rings. The molecule has 3 heteroatoms. The summed E-state index contributed by atoms with van der Waals surface area (Å²) in [6, 6.07) is 11.9. The van der Waals surface area contributed by atoms with Gasteiger partial charge < -0.3 is 15.2 Å². The quantitative estimate of drug-likeness (QED) is 0.851. The van der Waals surface area contributed by atoms with E-state index in [9.17, 15) is 5.11 Å². The zero-order valence-corrected chi connectivity index (χ0v) is 10.4. The second kappa shape index (κ2) is 4.50. The highest BCUT2D eigenvalue weighted by Gasteiger charge is 2.24. The predicted molar refractivity (Wildman–Crippen MR) is 73.1 cm³/mol. The van der Waals surface area contributed by atoms with Crippen LogP contribution in [0.25, 0.3) is 10.8 Å². The monoisotopic (exact) mass is 243 g/mol. The first-order valence-electron chi connectivity index (χ1n) is 6.34. The van der Waals surface area contributed by atoms with Gasteiger partial charge in [-0.15, -0.1) is 0 Å². The number of hydrogen-bond donors (Lipinski definition) is 2.